The van der Waals surface area contributed by atoms with Crippen molar-refractivity contribution in [2.24, 2.45) is 17.7 Å². The normalized spacial score (nSPS) is 27.0. The Hall–Kier alpha value is -0.800. The third-order valence-corrected chi connectivity index (χ3v) is 4.30. The summed E-state index contributed by atoms with van der Waals surface area (Å²) in [5.41, 5.74) is 4.15. The predicted octanol–water partition coefficient (Wildman–Crippen LogP) is 3.31. The van der Waals surface area contributed by atoms with Gasteiger partial charge in [-0.15, -0.1) is 0 Å². The van der Waals surface area contributed by atoms with E-state index in [2.05, 4.69) is 19.3 Å². The van der Waals surface area contributed by atoms with E-state index in [1.807, 2.05) is 6.07 Å². The number of hydrazine groups is 1. The van der Waals surface area contributed by atoms with E-state index in [1.54, 1.807) is 6.26 Å². The van der Waals surface area contributed by atoms with Gasteiger partial charge in [-0.05, 0) is 43.2 Å². The highest BCUT2D eigenvalue weighted by molar-refractivity contribution is 5.19. The van der Waals surface area contributed by atoms with Crippen LogP contribution in [0.25, 0.3) is 0 Å². The third kappa shape index (κ3) is 2.72. The molecule has 1 atom stereocenters. The molecule has 0 radical (unpaired) electrons. The van der Waals surface area contributed by atoms with Crippen molar-refractivity contribution in [1.29, 1.82) is 0 Å². The standard InChI is InChI=1S/C14H24N2O/c1-3-11-4-6-12(7-5-11)13(16-15)14-10(2)8-9-17-14/h8-9,11-13,16H,3-7,15H2,1-2H3. The molecule has 1 fully saturated rings. The molecule has 1 aliphatic carbocycles. The summed E-state index contributed by atoms with van der Waals surface area (Å²) in [5.74, 6) is 8.28. The summed E-state index contributed by atoms with van der Waals surface area (Å²) in [7, 11) is 0. The number of furan rings is 1. The summed E-state index contributed by atoms with van der Waals surface area (Å²) >= 11 is 0. The highest BCUT2D eigenvalue weighted by Gasteiger charge is 2.29. The minimum absolute atomic E-state index is 0.183. The molecule has 0 aromatic carbocycles. The molecule has 0 saturated heterocycles. The minimum atomic E-state index is 0.183. The van der Waals surface area contributed by atoms with Gasteiger partial charge in [0.25, 0.3) is 0 Å². The van der Waals surface area contributed by atoms with Crippen LogP contribution in [0.5, 0.6) is 0 Å². The first-order valence-electron chi connectivity index (χ1n) is 6.76. The SMILES string of the molecule is CCC1CCC(C(NN)c2occc2C)CC1. The largest absolute Gasteiger partial charge is 0.467 e. The molecule has 3 heteroatoms. The molecule has 2 rings (SSSR count). The van der Waals surface area contributed by atoms with Gasteiger partial charge in [-0.3, -0.25) is 5.84 Å². The van der Waals surface area contributed by atoms with E-state index < -0.39 is 0 Å². The Balaban J connectivity index is 2.03. The number of nitrogens with one attached hydrogen (secondary N) is 1. The van der Waals surface area contributed by atoms with Crippen molar-refractivity contribution in [2.45, 2.75) is 52.0 Å². The highest BCUT2D eigenvalue weighted by Crippen LogP contribution is 2.38. The fourth-order valence-electron chi connectivity index (χ4n) is 3.06. The molecule has 1 aromatic rings. The Bertz CT molecular complexity index is 340. The van der Waals surface area contributed by atoms with Gasteiger partial charge in [0, 0.05) is 0 Å². The smallest absolute Gasteiger partial charge is 0.125 e. The first-order chi connectivity index (χ1) is 8.26. The molecule has 0 amide bonds. The zero-order chi connectivity index (χ0) is 12.3. The van der Waals surface area contributed by atoms with Crippen molar-refractivity contribution in [3.8, 4) is 0 Å². The average Bonchev–Trinajstić information content (AvgIpc) is 2.78. The summed E-state index contributed by atoms with van der Waals surface area (Å²) in [4.78, 5) is 0. The Morgan fingerprint density at radius 3 is 2.59 bits per heavy atom. The molecule has 3 N–H and O–H groups in total. The predicted molar refractivity (Wildman–Crippen MR) is 69.2 cm³/mol. The second-order valence-corrected chi connectivity index (χ2v) is 5.30. The maximum Gasteiger partial charge on any atom is 0.125 e. The summed E-state index contributed by atoms with van der Waals surface area (Å²) in [6.45, 7) is 4.38. The molecule has 1 saturated carbocycles. The molecule has 17 heavy (non-hydrogen) atoms. The lowest BCUT2D eigenvalue weighted by Gasteiger charge is -2.32. The van der Waals surface area contributed by atoms with Gasteiger partial charge < -0.3 is 4.42 Å². The van der Waals surface area contributed by atoms with Gasteiger partial charge in [0.05, 0.1) is 12.3 Å². The molecule has 3 nitrogen and oxygen atoms in total. The van der Waals surface area contributed by atoms with Crippen LogP contribution >= 0.6 is 0 Å². The van der Waals surface area contributed by atoms with Crippen molar-refractivity contribution < 1.29 is 4.42 Å². The number of hydrogen-bond donors (Lipinski definition) is 2. The van der Waals surface area contributed by atoms with Gasteiger partial charge in [0.2, 0.25) is 0 Å². The van der Waals surface area contributed by atoms with E-state index in [0.29, 0.717) is 5.92 Å². The Morgan fingerprint density at radius 1 is 1.41 bits per heavy atom. The molecule has 96 valence electrons. The zero-order valence-electron chi connectivity index (χ0n) is 10.9. The summed E-state index contributed by atoms with van der Waals surface area (Å²) < 4.78 is 5.58. The van der Waals surface area contributed by atoms with E-state index in [-0.39, 0.29) is 6.04 Å². The molecule has 1 unspecified atom stereocenters. The third-order valence-electron chi connectivity index (χ3n) is 4.30. The lowest BCUT2D eigenvalue weighted by atomic mass is 9.77. The van der Waals surface area contributed by atoms with Crippen molar-refractivity contribution in [2.75, 3.05) is 0 Å². The van der Waals surface area contributed by atoms with Crippen molar-refractivity contribution in [3.05, 3.63) is 23.7 Å². The van der Waals surface area contributed by atoms with E-state index in [4.69, 9.17) is 10.3 Å². The Labute approximate surface area is 104 Å². The summed E-state index contributed by atoms with van der Waals surface area (Å²) in [6.07, 6.45) is 8.25. The molecule has 0 spiro atoms. The second-order valence-electron chi connectivity index (χ2n) is 5.30. The lowest BCUT2D eigenvalue weighted by Crippen LogP contribution is -2.35. The van der Waals surface area contributed by atoms with Crippen LogP contribution in [-0.2, 0) is 0 Å². The van der Waals surface area contributed by atoms with Crippen LogP contribution < -0.4 is 11.3 Å². The first kappa shape index (κ1) is 12.7. The molecule has 1 heterocycles. The second kappa shape index (κ2) is 5.69. The molecular formula is C14H24N2O. The van der Waals surface area contributed by atoms with E-state index in [0.717, 1.165) is 11.7 Å². The van der Waals surface area contributed by atoms with Gasteiger partial charge in [-0.25, -0.2) is 5.43 Å². The molecule has 1 aromatic heterocycles. The highest BCUT2D eigenvalue weighted by atomic mass is 16.3. The maximum atomic E-state index is 5.72. The van der Waals surface area contributed by atoms with E-state index in [1.165, 1.54) is 37.7 Å². The fraction of sp³-hybridized carbons (Fsp3) is 0.714. The number of rotatable bonds is 4. The Morgan fingerprint density at radius 2 is 2.12 bits per heavy atom. The number of hydrogen-bond acceptors (Lipinski definition) is 3. The van der Waals surface area contributed by atoms with Gasteiger partial charge in [0.15, 0.2) is 0 Å². The molecule has 1 aliphatic rings. The van der Waals surface area contributed by atoms with E-state index >= 15 is 0 Å². The Kier molecular flexibility index (Phi) is 4.24. The van der Waals surface area contributed by atoms with Crippen LogP contribution in [0.1, 0.15) is 56.4 Å². The average molecular weight is 236 g/mol. The van der Waals surface area contributed by atoms with Gasteiger partial charge >= 0.3 is 0 Å². The molecule has 0 aliphatic heterocycles. The van der Waals surface area contributed by atoms with Crippen LogP contribution in [0, 0.1) is 18.8 Å². The van der Waals surface area contributed by atoms with Crippen molar-refractivity contribution in [3.63, 3.8) is 0 Å². The van der Waals surface area contributed by atoms with Gasteiger partial charge in [0.1, 0.15) is 5.76 Å². The first-order valence-corrected chi connectivity index (χ1v) is 6.76. The number of aryl methyl sites for hydroxylation is 1. The fourth-order valence-corrected chi connectivity index (χ4v) is 3.06. The van der Waals surface area contributed by atoms with Crippen LogP contribution in [0.2, 0.25) is 0 Å². The summed E-state index contributed by atoms with van der Waals surface area (Å²) in [5, 5.41) is 0. The minimum Gasteiger partial charge on any atom is -0.467 e. The van der Waals surface area contributed by atoms with Crippen molar-refractivity contribution >= 4 is 0 Å². The zero-order valence-corrected chi connectivity index (χ0v) is 10.9. The lowest BCUT2D eigenvalue weighted by molar-refractivity contribution is 0.202. The monoisotopic (exact) mass is 236 g/mol. The van der Waals surface area contributed by atoms with Crippen LogP contribution in [0.4, 0.5) is 0 Å². The molecular weight excluding hydrogens is 212 g/mol. The van der Waals surface area contributed by atoms with Crippen LogP contribution in [0.15, 0.2) is 16.7 Å². The molecule has 0 bridgehead atoms. The van der Waals surface area contributed by atoms with Crippen LogP contribution in [0.3, 0.4) is 0 Å². The van der Waals surface area contributed by atoms with E-state index in [9.17, 15) is 0 Å². The van der Waals surface area contributed by atoms with Gasteiger partial charge in [-0.2, -0.15) is 0 Å². The quantitative estimate of drug-likeness (QED) is 0.623. The number of nitrogens with two attached hydrogens (primary N) is 1. The van der Waals surface area contributed by atoms with Gasteiger partial charge in [-0.1, -0.05) is 26.2 Å². The van der Waals surface area contributed by atoms with Crippen LogP contribution in [-0.4, -0.2) is 0 Å². The maximum absolute atomic E-state index is 5.72. The van der Waals surface area contributed by atoms with Crippen molar-refractivity contribution in [1.82, 2.24) is 5.43 Å². The topological polar surface area (TPSA) is 51.2 Å². The summed E-state index contributed by atoms with van der Waals surface area (Å²) in [6, 6.07) is 2.19.